The molecule has 0 fully saturated rings. The molecule has 0 radical (unpaired) electrons. The van der Waals surface area contributed by atoms with E-state index in [-0.39, 0.29) is 16.5 Å². The standard InChI is InChI=1S/C26H25Cl3N2O5S/c1-2-3-14-36-26(33)18-5-10-22(11-6-18)30-25(32)17-31(16-19-4-7-21(28)15-24(19)29)37(34,35)23-12-8-20(27)9-13-23/h4-13,15H,2-3,14,16-17H2,1H3,(H,30,32). The van der Waals surface area contributed by atoms with Crippen LogP contribution in [0.2, 0.25) is 15.1 Å². The van der Waals surface area contributed by atoms with Crippen molar-refractivity contribution in [2.75, 3.05) is 18.5 Å². The Morgan fingerprint density at radius 1 is 0.919 bits per heavy atom. The van der Waals surface area contributed by atoms with Gasteiger partial charge in [-0.05, 0) is 72.6 Å². The number of hydrogen-bond acceptors (Lipinski definition) is 5. The van der Waals surface area contributed by atoms with Crippen LogP contribution < -0.4 is 5.32 Å². The Bertz CT molecular complexity index is 1350. The molecule has 0 aliphatic carbocycles. The van der Waals surface area contributed by atoms with Crippen LogP contribution in [0.25, 0.3) is 0 Å². The summed E-state index contributed by atoms with van der Waals surface area (Å²) in [5.41, 5.74) is 1.21. The lowest BCUT2D eigenvalue weighted by Gasteiger charge is -2.22. The highest BCUT2D eigenvalue weighted by Crippen LogP contribution is 2.26. The normalized spacial score (nSPS) is 11.4. The first kappa shape index (κ1) is 28.9. The van der Waals surface area contributed by atoms with Crippen molar-refractivity contribution in [3.05, 3.63) is 92.9 Å². The first-order valence-corrected chi connectivity index (χ1v) is 13.9. The van der Waals surface area contributed by atoms with Crippen molar-refractivity contribution in [3.63, 3.8) is 0 Å². The lowest BCUT2D eigenvalue weighted by Crippen LogP contribution is -2.37. The van der Waals surface area contributed by atoms with Crippen LogP contribution in [0.4, 0.5) is 5.69 Å². The highest BCUT2D eigenvalue weighted by Gasteiger charge is 2.28. The van der Waals surface area contributed by atoms with E-state index in [1.165, 1.54) is 42.5 Å². The molecule has 0 aliphatic rings. The predicted molar refractivity (Wildman–Crippen MR) is 146 cm³/mol. The molecule has 3 aromatic rings. The van der Waals surface area contributed by atoms with Crippen molar-refractivity contribution >= 4 is 62.4 Å². The van der Waals surface area contributed by atoms with Gasteiger partial charge < -0.3 is 10.1 Å². The average molecular weight is 584 g/mol. The molecule has 0 saturated carbocycles. The predicted octanol–water partition coefficient (Wildman–Crippen LogP) is 6.43. The van der Waals surface area contributed by atoms with Crippen LogP contribution >= 0.6 is 34.8 Å². The summed E-state index contributed by atoms with van der Waals surface area (Å²) >= 11 is 18.2. The van der Waals surface area contributed by atoms with Gasteiger partial charge in [-0.1, -0.05) is 54.2 Å². The van der Waals surface area contributed by atoms with Gasteiger partial charge in [-0.25, -0.2) is 13.2 Å². The molecule has 0 atom stereocenters. The molecule has 11 heteroatoms. The number of ether oxygens (including phenoxy) is 1. The largest absolute Gasteiger partial charge is 0.462 e. The highest BCUT2D eigenvalue weighted by molar-refractivity contribution is 7.89. The quantitative estimate of drug-likeness (QED) is 0.207. The second-order valence-electron chi connectivity index (χ2n) is 8.08. The molecule has 0 spiro atoms. The van der Waals surface area contributed by atoms with Crippen LogP contribution in [0.15, 0.2) is 71.6 Å². The first-order valence-electron chi connectivity index (χ1n) is 11.4. The number of rotatable bonds is 11. The highest BCUT2D eigenvalue weighted by atomic mass is 35.5. The number of amides is 1. The molecular formula is C26H25Cl3N2O5S. The Morgan fingerprint density at radius 3 is 2.19 bits per heavy atom. The number of carbonyl (C=O) groups excluding carboxylic acids is 2. The molecule has 3 rings (SSSR count). The number of hydrogen-bond donors (Lipinski definition) is 1. The first-order chi connectivity index (χ1) is 17.6. The summed E-state index contributed by atoms with van der Waals surface area (Å²) < 4.78 is 33.0. The van der Waals surface area contributed by atoms with Crippen LogP contribution in [-0.4, -0.2) is 37.8 Å². The van der Waals surface area contributed by atoms with E-state index in [0.717, 1.165) is 17.1 Å². The molecule has 1 N–H and O–H groups in total. The van der Waals surface area contributed by atoms with Gasteiger partial charge in [0.25, 0.3) is 0 Å². The van der Waals surface area contributed by atoms with E-state index in [0.29, 0.717) is 33.5 Å². The van der Waals surface area contributed by atoms with E-state index >= 15 is 0 Å². The number of esters is 1. The summed E-state index contributed by atoms with van der Waals surface area (Å²) in [7, 11) is -4.10. The molecule has 0 aliphatic heterocycles. The molecule has 0 aromatic heterocycles. The topological polar surface area (TPSA) is 92.8 Å². The summed E-state index contributed by atoms with van der Waals surface area (Å²) in [5, 5.41) is 3.71. The van der Waals surface area contributed by atoms with Gasteiger partial charge in [-0.2, -0.15) is 4.31 Å². The smallest absolute Gasteiger partial charge is 0.338 e. The lowest BCUT2D eigenvalue weighted by atomic mass is 10.2. The van der Waals surface area contributed by atoms with E-state index < -0.39 is 28.4 Å². The van der Waals surface area contributed by atoms with Gasteiger partial charge in [0, 0.05) is 27.3 Å². The Balaban J connectivity index is 1.78. The Morgan fingerprint density at radius 2 is 1.57 bits per heavy atom. The minimum absolute atomic E-state index is 0.0271. The van der Waals surface area contributed by atoms with Crippen LogP contribution in [-0.2, 0) is 26.1 Å². The van der Waals surface area contributed by atoms with Crippen molar-refractivity contribution in [1.29, 1.82) is 0 Å². The second kappa shape index (κ2) is 13.3. The Kier molecular flexibility index (Phi) is 10.4. The molecule has 7 nitrogen and oxygen atoms in total. The van der Waals surface area contributed by atoms with E-state index in [2.05, 4.69) is 5.32 Å². The van der Waals surface area contributed by atoms with Gasteiger partial charge in [0.1, 0.15) is 0 Å². The van der Waals surface area contributed by atoms with Gasteiger partial charge in [0.05, 0.1) is 23.6 Å². The zero-order valence-corrected chi connectivity index (χ0v) is 23.0. The molecule has 37 heavy (non-hydrogen) atoms. The summed E-state index contributed by atoms with van der Waals surface area (Å²) in [5.74, 6) is -1.03. The summed E-state index contributed by atoms with van der Waals surface area (Å²) in [4.78, 5) is 24.9. The maximum atomic E-state index is 13.4. The SMILES string of the molecule is CCCCOC(=O)c1ccc(NC(=O)CN(Cc2ccc(Cl)cc2Cl)S(=O)(=O)c2ccc(Cl)cc2)cc1. The molecule has 0 saturated heterocycles. The fourth-order valence-corrected chi connectivity index (χ4v) is 5.23. The fourth-order valence-electron chi connectivity index (χ4n) is 3.26. The Hall–Kier alpha value is -2.62. The second-order valence-corrected chi connectivity index (χ2v) is 11.3. The fraction of sp³-hybridized carbons (Fsp3) is 0.231. The van der Waals surface area contributed by atoms with Gasteiger partial charge in [-0.3, -0.25) is 4.79 Å². The van der Waals surface area contributed by atoms with Gasteiger partial charge in [0.15, 0.2) is 0 Å². The number of halogens is 3. The molecule has 1 amide bonds. The number of benzene rings is 3. The third-order valence-electron chi connectivity index (χ3n) is 5.27. The Labute approximate surface area is 231 Å². The van der Waals surface area contributed by atoms with Crippen LogP contribution in [0, 0.1) is 0 Å². The van der Waals surface area contributed by atoms with E-state index in [1.54, 1.807) is 24.3 Å². The van der Waals surface area contributed by atoms with Gasteiger partial charge in [-0.15, -0.1) is 0 Å². The van der Waals surface area contributed by atoms with Crippen molar-refractivity contribution < 1.29 is 22.7 Å². The number of anilines is 1. The van der Waals surface area contributed by atoms with Crippen molar-refractivity contribution in [3.8, 4) is 0 Å². The van der Waals surface area contributed by atoms with Gasteiger partial charge in [0.2, 0.25) is 15.9 Å². The number of carbonyl (C=O) groups is 2. The molecule has 0 heterocycles. The molecule has 3 aromatic carbocycles. The maximum Gasteiger partial charge on any atom is 0.338 e. The monoisotopic (exact) mass is 582 g/mol. The minimum Gasteiger partial charge on any atom is -0.462 e. The third-order valence-corrected chi connectivity index (χ3v) is 7.91. The molecule has 196 valence electrons. The zero-order chi connectivity index (χ0) is 27.0. The number of nitrogens with zero attached hydrogens (tertiary/aromatic N) is 1. The van der Waals surface area contributed by atoms with Crippen molar-refractivity contribution in [2.24, 2.45) is 0 Å². The molecular weight excluding hydrogens is 559 g/mol. The van der Waals surface area contributed by atoms with Gasteiger partial charge >= 0.3 is 5.97 Å². The molecule has 0 bridgehead atoms. The zero-order valence-electron chi connectivity index (χ0n) is 19.9. The summed E-state index contributed by atoms with van der Waals surface area (Å²) in [6, 6.07) is 16.5. The van der Waals surface area contributed by atoms with E-state index in [9.17, 15) is 18.0 Å². The van der Waals surface area contributed by atoms with Crippen LogP contribution in [0.1, 0.15) is 35.7 Å². The number of unbranched alkanes of at least 4 members (excludes halogenated alkanes) is 1. The maximum absolute atomic E-state index is 13.4. The van der Waals surface area contributed by atoms with E-state index in [1.807, 2.05) is 6.92 Å². The third kappa shape index (κ3) is 8.18. The molecule has 0 unspecified atom stereocenters. The summed E-state index contributed by atoms with van der Waals surface area (Å²) in [6.45, 7) is 1.67. The summed E-state index contributed by atoms with van der Waals surface area (Å²) in [6.07, 6.45) is 1.68. The van der Waals surface area contributed by atoms with Crippen LogP contribution in [0.5, 0.6) is 0 Å². The average Bonchev–Trinajstić information content (AvgIpc) is 2.86. The lowest BCUT2D eigenvalue weighted by molar-refractivity contribution is -0.116. The minimum atomic E-state index is -4.10. The van der Waals surface area contributed by atoms with Crippen LogP contribution in [0.3, 0.4) is 0 Å². The van der Waals surface area contributed by atoms with Crippen molar-refractivity contribution in [1.82, 2.24) is 4.31 Å². The number of nitrogens with one attached hydrogen (secondary N) is 1. The van der Waals surface area contributed by atoms with Crippen molar-refractivity contribution in [2.45, 2.75) is 31.2 Å². The van der Waals surface area contributed by atoms with E-state index in [4.69, 9.17) is 39.5 Å². The number of sulfonamides is 1.